The third kappa shape index (κ3) is 5.06. The molecule has 116 valence electrons. The molecule has 0 heterocycles. The maximum absolute atomic E-state index is 13.8. The van der Waals surface area contributed by atoms with E-state index in [1.165, 1.54) is 17.0 Å². The number of hydrogen-bond donors (Lipinski definition) is 2. The summed E-state index contributed by atoms with van der Waals surface area (Å²) in [6, 6.07) is 3.85. The van der Waals surface area contributed by atoms with Crippen LogP contribution >= 0.6 is 0 Å². The highest BCUT2D eigenvalue weighted by molar-refractivity contribution is 5.97. The van der Waals surface area contributed by atoms with E-state index in [2.05, 4.69) is 5.32 Å². The van der Waals surface area contributed by atoms with Crippen molar-refractivity contribution in [3.63, 3.8) is 0 Å². The molecule has 5 nitrogen and oxygen atoms in total. The maximum atomic E-state index is 13.8. The van der Waals surface area contributed by atoms with E-state index in [0.29, 0.717) is 25.2 Å². The summed E-state index contributed by atoms with van der Waals surface area (Å²) in [7, 11) is 0. The average Bonchev–Trinajstić information content (AvgIpc) is 2.46. The lowest BCUT2D eigenvalue weighted by Crippen LogP contribution is -2.41. The van der Waals surface area contributed by atoms with Crippen molar-refractivity contribution in [2.75, 3.05) is 25.4 Å². The molecule has 0 aliphatic heterocycles. The zero-order valence-electron chi connectivity index (χ0n) is 12.5. The summed E-state index contributed by atoms with van der Waals surface area (Å²) < 4.78 is 13.8. The molecule has 0 bridgehead atoms. The van der Waals surface area contributed by atoms with Gasteiger partial charge in [0.2, 0.25) is 5.91 Å². The molecule has 0 unspecified atom stereocenters. The Hall–Kier alpha value is -2.11. The van der Waals surface area contributed by atoms with Gasteiger partial charge in [-0.15, -0.1) is 0 Å². The monoisotopic (exact) mass is 295 g/mol. The van der Waals surface area contributed by atoms with Crippen molar-refractivity contribution in [2.24, 2.45) is 0 Å². The normalized spacial score (nSPS) is 10.2. The van der Waals surface area contributed by atoms with E-state index in [1.54, 1.807) is 0 Å². The van der Waals surface area contributed by atoms with Crippen LogP contribution in [0, 0.1) is 5.82 Å². The Kier molecular flexibility index (Phi) is 6.65. The van der Waals surface area contributed by atoms with E-state index >= 15 is 0 Å². The number of nitrogens with two attached hydrogens (primary N) is 1. The summed E-state index contributed by atoms with van der Waals surface area (Å²) in [5.74, 6) is -1.40. The lowest BCUT2D eigenvalue weighted by Gasteiger charge is -2.22. The van der Waals surface area contributed by atoms with Crippen LogP contribution in [0.2, 0.25) is 0 Å². The van der Waals surface area contributed by atoms with Crippen LogP contribution in [0.15, 0.2) is 18.2 Å². The molecule has 3 N–H and O–H groups in total. The first-order valence-corrected chi connectivity index (χ1v) is 7.10. The Labute approximate surface area is 124 Å². The zero-order valence-corrected chi connectivity index (χ0v) is 12.5. The molecule has 0 aromatic heterocycles. The van der Waals surface area contributed by atoms with Crippen molar-refractivity contribution < 1.29 is 14.0 Å². The van der Waals surface area contributed by atoms with Gasteiger partial charge in [-0.3, -0.25) is 9.59 Å². The van der Waals surface area contributed by atoms with Crippen LogP contribution in [0.5, 0.6) is 0 Å². The lowest BCUT2D eigenvalue weighted by atomic mass is 10.1. The summed E-state index contributed by atoms with van der Waals surface area (Å²) in [6.45, 7) is 4.68. The van der Waals surface area contributed by atoms with Gasteiger partial charge in [-0.1, -0.05) is 13.8 Å². The van der Waals surface area contributed by atoms with Crippen LogP contribution in [-0.4, -0.2) is 36.3 Å². The highest BCUT2D eigenvalue weighted by Crippen LogP contribution is 2.14. The molecule has 2 amide bonds. The first-order valence-electron chi connectivity index (χ1n) is 7.10. The summed E-state index contributed by atoms with van der Waals surface area (Å²) in [6.07, 6.45) is 1.49. The van der Waals surface area contributed by atoms with Crippen molar-refractivity contribution in [2.45, 2.75) is 26.7 Å². The van der Waals surface area contributed by atoms with E-state index in [1.807, 2.05) is 13.8 Å². The predicted octanol–water partition coefficient (Wildman–Crippen LogP) is 1.79. The number of rotatable bonds is 7. The van der Waals surface area contributed by atoms with Gasteiger partial charge >= 0.3 is 0 Å². The Morgan fingerprint density at radius 1 is 1.29 bits per heavy atom. The molecule has 21 heavy (non-hydrogen) atoms. The Morgan fingerprint density at radius 3 is 2.62 bits per heavy atom. The molecule has 0 aliphatic carbocycles. The van der Waals surface area contributed by atoms with E-state index in [4.69, 9.17) is 5.73 Å². The van der Waals surface area contributed by atoms with Crippen LogP contribution in [-0.2, 0) is 4.79 Å². The maximum Gasteiger partial charge on any atom is 0.257 e. The van der Waals surface area contributed by atoms with E-state index in [0.717, 1.165) is 12.5 Å². The molecule has 0 atom stereocenters. The number of carbonyl (C=O) groups is 2. The van der Waals surface area contributed by atoms with Crippen LogP contribution in [0.4, 0.5) is 10.1 Å². The number of hydrogen-bond acceptors (Lipinski definition) is 3. The smallest absolute Gasteiger partial charge is 0.257 e. The second kappa shape index (κ2) is 8.24. The fourth-order valence-corrected chi connectivity index (χ4v) is 1.89. The Bertz CT molecular complexity index is 506. The second-order valence-corrected chi connectivity index (χ2v) is 4.82. The number of anilines is 1. The number of benzene rings is 1. The number of carbonyl (C=O) groups excluding carboxylic acids is 2. The van der Waals surface area contributed by atoms with Crippen molar-refractivity contribution in [3.05, 3.63) is 29.6 Å². The highest BCUT2D eigenvalue weighted by atomic mass is 19.1. The van der Waals surface area contributed by atoms with E-state index in [9.17, 15) is 14.0 Å². The number of nitrogens with one attached hydrogen (secondary N) is 1. The first-order chi connectivity index (χ1) is 9.99. The largest absolute Gasteiger partial charge is 0.399 e. The van der Waals surface area contributed by atoms with Crippen LogP contribution in [0.1, 0.15) is 37.0 Å². The Morgan fingerprint density at radius 2 is 2.00 bits per heavy atom. The minimum Gasteiger partial charge on any atom is -0.399 e. The molecule has 0 aliphatic rings. The van der Waals surface area contributed by atoms with Crippen LogP contribution < -0.4 is 11.1 Å². The van der Waals surface area contributed by atoms with Gasteiger partial charge in [0.05, 0.1) is 12.1 Å². The van der Waals surface area contributed by atoms with Gasteiger partial charge in [-0.25, -0.2) is 4.39 Å². The first kappa shape index (κ1) is 16.9. The molecule has 0 saturated heterocycles. The third-order valence-electron chi connectivity index (χ3n) is 2.91. The topological polar surface area (TPSA) is 75.4 Å². The quantitative estimate of drug-likeness (QED) is 0.753. The Balaban J connectivity index is 2.86. The number of amides is 2. The molecule has 1 rings (SSSR count). The third-order valence-corrected chi connectivity index (χ3v) is 2.91. The summed E-state index contributed by atoms with van der Waals surface area (Å²) in [5.41, 5.74) is 5.80. The second-order valence-electron chi connectivity index (χ2n) is 4.82. The van der Waals surface area contributed by atoms with E-state index < -0.39 is 11.7 Å². The minimum atomic E-state index is -0.635. The summed E-state index contributed by atoms with van der Waals surface area (Å²) in [5, 5.41) is 2.70. The van der Waals surface area contributed by atoms with Crippen LogP contribution in [0.25, 0.3) is 0 Å². The van der Waals surface area contributed by atoms with Gasteiger partial charge < -0.3 is 16.0 Å². The van der Waals surface area contributed by atoms with Crippen molar-refractivity contribution in [1.29, 1.82) is 0 Å². The molecule has 6 heteroatoms. The van der Waals surface area contributed by atoms with Gasteiger partial charge in [0.1, 0.15) is 5.82 Å². The lowest BCUT2D eigenvalue weighted by molar-refractivity contribution is -0.121. The summed E-state index contributed by atoms with van der Waals surface area (Å²) in [4.78, 5) is 25.5. The van der Waals surface area contributed by atoms with Crippen molar-refractivity contribution in [1.82, 2.24) is 10.2 Å². The minimum absolute atomic E-state index is 0.0824. The number of nitrogens with zero attached hydrogens (tertiary/aromatic N) is 1. The number of nitrogen functional groups attached to an aromatic ring is 1. The fourth-order valence-electron chi connectivity index (χ4n) is 1.89. The SMILES string of the molecule is CCCNC(=O)CN(CCC)C(=O)c1cc(N)ccc1F. The van der Waals surface area contributed by atoms with Gasteiger partial charge in [-0.2, -0.15) is 0 Å². The number of halogens is 1. The van der Waals surface area contributed by atoms with E-state index in [-0.39, 0.29) is 18.0 Å². The highest BCUT2D eigenvalue weighted by Gasteiger charge is 2.21. The van der Waals surface area contributed by atoms with Gasteiger partial charge in [0.25, 0.3) is 5.91 Å². The molecule has 1 aromatic rings. The molecule has 0 radical (unpaired) electrons. The van der Waals surface area contributed by atoms with Crippen molar-refractivity contribution in [3.8, 4) is 0 Å². The molecule has 0 saturated carbocycles. The molecule has 0 spiro atoms. The van der Waals surface area contributed by atoms with Crippen molar-refractivity contribution >= 4 is 17.5 Å². The molecular weight excluding hydrogens is 273 g/mol. The fraction of sp³-hybridized carbons (Fsp3) is 0.467. The van der Waals surface area contributed by atoms with Crippen LogP contribution in [0.3, 0.4) is 0 Å². The molecular formula is C15H22FN3O2. The average molecular weight is 295 g/mol. The summed E-state index contributed by atoms with van der Waals surface area (Å²) >= 11 is 0. The zero-order chi connectivity index (χ0) is 15.8. The van der Waals surface area contributed by atoms with Gasteiger partial charge in [0.15, 0.2) is 0 Å². The van der Waals surface area contributed by atoms with Gasteiger partial charge in [0, 0.05) is 18.8 Å². The molecule has 1 aromatic carbocycles. The predicted molar refractivity (Wildman–Crippen MR) is 80.3 cm³/mol. The van der Waals surface area contributed by atoms with Gasteiger partial charge in [-0.05, 0) is 31.0 Å². The molecule has 0 fully saturated rings. The standard InChI is InChI=1S/C15H22FN3O2/c1-3-7-18-14(20)10-19(8-4-2)15(21)12-9-11(17)5-6-13(12)16/h5-6,9H,3-4,7-8,10,17H2,1-2H3,(H,18,20).